The van der Waals surface area contributed by atoms with Gasteiger partial charge in [-0.15, -0.1) is 0 Å². The van der Waals surface area contributed by atoms with E-state index in [4.69, 9.17) is 10.5 Å². The van der Waals surface area contributed by atoms with Crippen LogP contribution in [0, 0.1) is 0 Å². The maximum Gasteiger partial charge on any atom is 0.417 e. The number of nitrogens with one attached hydrogen (secondary N) is 1. The Bertz CT molecular complexity index is 1180. The van der Waals surface area contributed by atoms with Gasteiger partial charge in [-0.25, -0.2) is 4.98 Å². The molecule has 0 radical (unpaired) electrons. The maximum atomic E-state index is 12.7. The van der Waals surface area contributed by atoms with Gasteiger partial charge in [0, 0.05) is 36.4 Å². The van der Waals surface area contributed by atoms with Crippen LogP contribution < -0.4 is 15.8 Å². The predicted octanol–water partition coefficient (Wildman–Crippen LogP) is 5.63. The number of amides is 1. The summed E-state index contributed by atoms with van der Waals surface area (Å²) in [6.45, 7) is 0. The number of pyridine rings is 2. The largest absolute Gasteiger partial charge is 0.439 e. The van der Waals surface area contributed by atoms with Crippen molar-refractivity contribution in [2.24, 2.45) is 0 Å². The molecule has 2 heterocycles. The van der Waals surface area contributed by atoms with Gasteiger partial charge in [0.05, 0.1) is 11.1 Å². The molecule has 0 unspecified atom stereocenters. The van der Waals surface area contributed by atoms with Crippen LogP contribution >= 0.6 is 0 Å². The van der Waals surface area contributed by atoms with Crippen LogP contribution in [0.15, 0.2) is 66.6 Å². The van der Waals surface area contributed by atoms with Crippen LogP contribution in [-0.4, -0.2) is 21.9 Å². The Balaban J connectivity index is 1.34. The third kappa shape index (κ3) is 5.92. The van der Waals surface area contributed by atoms with Crippen LogP contribution in [-0.2, 0) is 6.18 Å². The Hall–Kier alpha value is -3.88. The molecule has 1 amide bonds. The molecule has 1 fully saturated rings. The van der Waals surface area contributed by atoms with E-state index in [9.17, 15) is 18.0 Å². The minimum absolute atomic E-state index is 0.0599. The van der Waals surface area contributed by atoms with Crippen LogP contribution in [0.3, 0.4) is 0 Å². The second kappa shape index (κ2) is 9.94. The molecular weight excluding hydrogens is 445 g/mol. The van der Waals surface area contributed by atoms with Crippen molar-refractivity contribution in [2.45, 2.75) is 37.9 Å². The van der Waals surface area contributed by atoms with Crippen molar-refractivity contribution in [3.05, 3.63) is 83.3 Å². The lowest BCUT2D eigenvalue weighted by Crippen LogP contribution is -2.36. The van der Waals surface area contributed by atoms with Gasteiger partial charge < -0.3 is 15.8 Å². The van der Waals surface area contributed by atoms with Crippen molar-refractivity contribution < 1.29 is 22.7 Å². The number of rotatable bonds is 5. The molecule has 0 aliphatic heterocycles. The van der Waals surface area contributed by atoms with Crippen molar-refractivity contribution in [3.8, 4) is 11.6 Å². The first-order valence-corrected chi connectivity index (χ1v) is 10.8. The van der Waals surface area contributed by atoms with Crippen molar-refractivity contribution in [3.63, 3.8) is 0 Å². The molecule has 9 heteroatoms. The van der Waals surface area contributed by atoms with Gasteiger partial charge in [0.2, 0.25) is 5.88 Å². The fourth-order valence-electron chi connectivity index (χ4n) is 3.77. The summed E-state index contributed by atoms with van der Waals surface area (Å²) in [5, 5.41) is 3.03. The molecule has 0 bridgehead atoms. The number of allylic oxidation sites excluding steroid dienone is 1. The summed E-state index contributed by atoms with van der Waals surface area (Å²) >= 11 is 0. The summed E-state index contributed by atoms with van der Waals surface area (Å²) in [5.41, 5.74) is 7.97. The number of nitrogens with two attached hydrogens (primary N) is 1. The van der Waals surface area contributed by atoms with Gasteiger partial charge in [-0.2, -0.15) is 13.2 Å². The van der Waals surface area contributed by atoms with Gasteiger partial charge in [-0.3, -0.25) is 9.78 Å². The highest BCUT2D eigenvalue weighted by Crippen LogP contribution is 2.31. The molecule has 3 N–H and O–H groups in total. The Morgan fingerprint density at radius 3 is 2.59 bits per heavy atom. The molecule has 1 aliphatic carbocycles. The molecule has 6 nitrogen and oxygen atoms in total. The van der Waals surface area contributed by atoms with E-state index in [0.717, 1.165) is 43.5 Å². The normalized spacial score (nSPS) is 16.1. The zero-order chi connectivity index (χ0) is 24.1. The van der Waals surface area contributed by atoms with E-state index in [2.05, 4.69) is 21.4 Å². The molecular formula is C25H23F3N4O2. The average molecular weight is 468 g/mol. The van der Waals surface area contributed by atoms with Gasteiger partial charge in [0.25, 0.3) is 5.91 Å². The Kier molecular flexibility index (Phi) is 6.81. The molecule has 0 spiro atoms. The quantitative estimate of drug-likeness (QED) is 0.507. The monoisotopic (exact) mass is 468 g/mol. The first-order chi connectivity index (χ1) is 16.3. The fourth-order valence-corrected chi connectivity index (χ4v) is 3.77. The number of alkyl halides is 3. The minimum Gasteiger partial charge on any atom is -0.439 e. The number of halogens is 3. The number of hydrogen-bond acceptors (Lipinski definition) is 5. The smallest absolute Gasteiger partial charge is 0.417 e. The van der Waals surface area contributed by atoms with Gasteiger partial charge >= 0.3 is 6.18 Å². The van der Waals surface area contributed by atoms with E-state index in [1.165, 1.54) is 17.8 Å². The van der Waals surface area contributed by atoms with Gasteiger partial charge in [-0.05, 0) is 55.5 Å². The van der Waals surface area contributed by atoms with Crippen molar-refractivity contribution in [2.75, 3.05) is 5.73 Å². The number of nitrogen functional groups attached to an aromatic ring is 1. The number of benzene rings is 1. The SMILES string of the molecule is Nc1ccncc1C(=O)NC1CCC(=Cc2cccc(Oc3ccc(C(F)(F)F)cn3)c2)CC1. The molecule has 0 atom stereocenters. The van der Waals surface area contributed by atoms with Crippen LogP contribution in [0.25, 0.3) is 6.08 Å². The summed E-state index contributed by atoms with van der Waals surface area (Å²) < 4.78 is 43.7. The lowest BCUT2D eigenvalue weighted by Gasteiger charge is -2.25. The van der Waals surface area contributed by atoms with E-state index in [1.807, 2.05) is 18.2 Å². The van der Waals surface area contributed by atoms with E-state index in [0.29, 0.717) is 17.0 Å². The molecule has 2 aromatic heterocycles. The summed E-state index contributed by atoms with van der Waals surface area (Å²) in [4.78, 5) is 20.1. The Morgan fingerprint density at radius 1 is 1.12 bits per heavy atom. The number of hydrogen-bond donors (Lipinski definition) is 2. The van der Waals surface area contributed by atoms with Gasteiger partial charge in [-0.1, -0.05) is 23.8 Å². The average Bonchev–Trinajstić information content (AvgIpc) is 2.81. The topological polar surface area (TPSA) is 90.1 Å². The molecule has 3 aromatic rings. The Morgan fingerprint density at radius 2 is 1.91 bits per heavy atom. The highest BCUT2D eigenvalue weighted by molar-refractivity contribution is 5.98. The van der Waals surface area contributed by atoms with Crippen LogP contribution in [0.4, 0.5) is 18.9 Å². The lowest BCUT2D eigenvalue weighted by atomic mass is 9.89. The number of aromatic nitrogens is 2. The highest BCUT2D eigenvalue weighted by Gasteiger charge is 2.30. The molecule has 1 saturated carbocycles. The summed E-state index contributed by atoms with van der Waals surface area (Å²) in [6.07, 6.45) is 4.68. The molecule has 176 valence electrons. The molecule has 1 aliphatic rings. The summed E-state index contributed by atoms with van der Waals surface area (Å²) in [5.74, 6) is 0.352. The van der Waals surface area contributed by atoms with Crippen molar-refractivity contribution >= 4 is 17.7 Å². The summed E-state index contributed by atoms with van der Waals surface area (Å²) in [6, 6.07) is 11.1. The second-order valence-electron chi connectivity index (χ2n) is 8.07. The lowest BCUT2D eigenvalue weighted by molar-refractivity contribution is -0.137. The minimum atomic E-state index is -4.44. The zero-order valence-corrected chi connectivity index (χ0v) is 18.2. The number of carbonyl (C=O) groups is 1. The number of ether oxygens (including phenoxy) is 1. The second-order valence-corrected chi connectivity index (χ2v) is 8.07. The van der Waals surface area contributed by atoms with Crippen molar-refractivity contribution in [1.29, 1.82) is 0 Å². The van der Waals surface area contributed by atoms with Gasteiger partial charge in [0.1, 0.15) is 5.75 Å². The van der Waals surface area contributed by atoms with Crippen molar-refractivity contribution in [1.82, 2.24) is 15.3 Å². The third-order valence-corrected chi connectivity index (χ3v) is 5.58. The third-order valence-electron chi connectivity index (χ3n) is 5.58. The molecule has 0 saturated heterocycles. The van der Waals surface area contributed by atoms with E-state index < -0.39 is 11.7 Å². The summed E-state index contributed by atoms with van der Waals surface area (Å²) in [7, 11) is 0. The molecule has 34 heavy (non-hydrogen) atoms. The Labute approximate surface area is 194 Å². The van der Waals surface area contributed by atoms with Crippen LogP contribution in [0.5, 0.6) is 11.6 Å². The van der Waals surface area contributed by atoms with E-state index >= 15 is 0 Å². The first kappa shape index (κ1) is 23.3. The fraction of sp³-hybridized carbons (Fsp3) is 0.240. The van der Waals surface area contributed by atoms with E-state index in [1.54, 1.807) is 18.3 Å². The molecule has 4 rings (SSSR count). The number of carbonyl (C=O) groups excluding carboxylic acids is 1. The number of nitrogens with zero attached hydrogens (tertiary/aromatic N) is 2. The van der Waals surface area contributed by atoms with Crippen LogP contribution in [0.1, 0.15) is 47.2 Å². The van der Waals surface area contributed by atoms with E-state index in [-0.39, 0.29) is 17.8 Å². The highest BCUT2D eigenvalue weighted by atomic mass is 19.4. The zero-order valence-electron chi connectivity index (χ0n) is 18.2. The predicted molar refractivity (Wildman–Crippen MR) is 122 cm³/mol. The first-order valence-electron chi connectivity index (χ1n) is 10.8. The molecule has 1 aromatic carbocycles. The maximum absolute atomic E-state index is 12.7. The number of anilines is 1. The standard InChI is InChI=1S/C25H23F3N4O2/c26-25(27,28)18-6-9-23(31-14-18)34-20-3-1-2-17(13-20)12-16-4-7-19(8-5-16)32-24(33)21-15-30-11-10-22(21)29/h1-3,6,9-15,19H,4-5,7-8H2,(H2,29,30)(H,32,33). The van der Waals surface area contributed by atoms with Crippen LogP contribution in [0.2, 0.25) is 0 Å². The van der Waals surface area contributed by atoms with Gasteiger partial charge in [0.15, 0.2) is 0 Å².